The maximum absolute atomic E-state index is 9.54. The highest BCUT2D eigenvalue weighted by atomic mass is 35.5. The molecule has 1 aromatic rings. The predicted molar refractivity (Wildman–Crippen MR) is 80.9 cm³/mol. The Bertz CT molecular complexity index is 403. The summed E-state index contributed by atoms with van der Waals surface area (Å²) in [6, 6.07) is 6.28. The van der Waals surface area contributed by atoms with Crippen LogP contribution in [0.2, 0.25) is 5.02 Å². The Morgan fingerprint density at radius 1 is 1.37 bits per heavy atom. The third-order valence-corrected chi connectivity index (χ3v) is 3.88. The lowest BCUT2D eigenvalue weighted by atomic mass is 10.1. The van der Waals surface area contributed by atoms with Gasteiger partial charge in [0.1, 0.15) is 0 Å². The monoisotopic (exact) mass is 282 g/mol. The molecular formula is C15H23ClN2O. The summed E-state index contributed by atoms with van der Waals surface area (Å²) < 4.78 is 0. The van der Waals surface area contributed by atoms with Crippen LogP contribution < -0.4 is 10.2 Å². The molecule has 1 heterocycles. The first-order chi connectivity index (χ1) is 9.20. The van der Waals surface area contributed by atoms with E-state index in [1.165, 1.54) is 5.56 Å². The number of hydrogen-bond acceptors (Lipinski definition) is 3. The molecule has 4 heteroatoms. The minimum Gasteiger partial charge on any atom is -0.393 e. The van der Waals surface area contributed by atoms with Gasteiger partial charge in [0.15, 0.2) is 0 Å². The standard InChI is InChI=1S/C15H23ClN2O/c1-2-7-17-11-12-3-4-15(14(16)10-12)18-8-5-13(19)6-9-18/h3-4,10,13,17,19H,2,5-9,11H2,1H3. The van der Waals surface area contributed by atoms with Gasteiger partial charge in [-0.2, -0.15) is 0 Å². The molecule has 2 rings (SSSR count). The highest BCUT2D eigenvalue weighted by Crippen LogP contribution is 2.29. The van der Waals surface area contributed by atoms with Crippen molar-refractivity contribution in [3.63, 3.8) is 0 Å². The highest BCUT2D eigenvalue weighted by molar-refractivity contribution is 6.33. The van der Waals surface area contributed by atoms with Crippen molar-refractivity contribution in [2.24, 2.45) is 0 Å². The summed E-state index contributed by atoms with van der Waals surface area (Å²) in [6.45, 7) is 5.83. The van der Waals surface area contributed by atoms with E-state index in [1.807, 2.05) is 6.07 Å². The van der Waals surface area contributed by atoms with Gasteiger partial charge in [-0.15, -0.1) is 0 Å². The molecule has 19 heavy (non-hydrogen) atoms. The Morgan fingerprint density at radius 2 is 2.11 bits per heavy atom. The van der Waals surface area contributed by atoms with Crippen LogP contribution in [0.4, 0.5) is 5.69 Å². The van der Waals surface area contributed by atoms with Gasteiger partial charge in [0, 0.05) is 19.6 Å². The van der Waals surface area contributed by atoms with Crippen LogP contribution in [0.5, 0.6) is 0 Å². The average Bonchev–Trinajstić information content (AvgIpc) is 2.41. The molecule has 106 valence electrons. The second kappa shape index (κ2) is 7.13. The number of nitrogens with zero attached hydrogens (tertiary/aromatic N) is 1. The van der Waals surface area contributed by atoms with Crippen molar-refractivity contribution in [1.82, 2.24) is 5.32 Å². The minimum atomic E-state index is -0.146. The molecule has 1 aliphatic heterocycles. The number of piperidine rings is 1. The van der Waals surface area contributed by atoms with Crippen molar-refractivity contribution in [2.45, 2.75) is 38.8 Å². The third-order valence-electron chi connectivity index (χ3n) is 3.57. The van der Waals surface area contributed by atoms with Crippen molar-refractivity contribution in [1.29, 1.82) is 0 Å². The molecule has 0 aliphatic carbocycles. The number of aliphatic hydroxyl groups is 1. The Labute approximate surface area is 120 Å². The zero-order valence-corrected chi connectivity index (χ0v) is 12.3. The quantitative estimate of drug-likeness (QED) is 0.815. The third kappa shape index (κ3) is 4.10. The SMILES string of the molecule is CCCNCc1ccc(N2CCC(O)CC2)c(Cl)c1. The lowest BCUT2D eigenvalue weighted by molar-refractivity contribution is 0.145. The van der Waals surface area contributed by atoms with Gasteiger partial charge in [-0.1, -0.05) is 24.6 Å². The molecule has 0 amide bonds. The number of halogens is 1. The second-order valence-corrected chi connectivity index (χ2v) is 5.59. The van der Waals surface area contributed by atoms with Crippen LogP contribution in [-0.2, 0) is 6.54 Å². The smallest absolute Gasteiger partial charge is 0.0642 e. The number of anilines is 1. The number of benzene rings is 1. The predicted octanol–water partition coefficient (Wildman–Crippen LogP) is 2.80. The highest BCUT2D eigenvalue weighted by Gasteiger charge is 2.18. The van der Waals surface area contributed by atoms with Crippen molar-refractivity contribution in [3.8, 4) is 0 Å². The van der Waals surface area contributed by atoms with Crippen molar-refractivity contribution >= 4 is 17.3 Å². The minimum absolute atomic E-state index is 0.146. The van der Waals surface area contributed by atoms with Crippen LogP contribution in [0, 0.1) is 0 Å². The van der Waals surface area contributed by atoms with E-state index < -0.39 is 0 Å². The molecule has 3 nitrogen and oxygen atoms in total. The zero-order valence-electron chi connectivity index (χ0n) is 11.5. The van der Waals surface area contributed by atoms with Crippen LogP contribution in [0.1, 0.15) is 31.7 Å². The van der Waals surface area contributed by atoms with Gasteiger partial charge in [0.2, 0.25) is 0 Å². The fourth-order valence-electron chi connectivity index (χ4n) is 2.43. The van der Waals surface area contributed by atoms with E-state index in [1.54, 1.807) is 0 Å². The summed E-state index contributed by atoms with van der Waals surface area (Å²) in [5, 5.41) is 13.7. The molecule has 0 aromatic heterocycles. The lowest BCUT2D eigenvalue weighted by Crippen LogP contribution is -2.35. The van der Waals surface area contributed by atoms with Crippen molar-refractivity contribution in [2.75, 3.05) is 24.5 Å². The fraction of sp³-hybridized carbons (Fsp3) is 0.600. The summed E-state index contributed by atoms with van der Waals surface area (Å²) >= 11 is 6.38. The Balaban J connectivity index is 1.98. The van der Waals surface area contributed by atoms with Gasteiger partial charge < -0.3 is 15.3 Å². The molecule has 0 unspecified atom stereocenters. The van der Waals surface area contributed by atoms with Gasteiger partial charge in [-0.25, -0.2) is 0 Å². The Morgan fingerprint density at radius 3 is 2.74 bits per heavy atom. The van der Waals surface area contributed by atoms with Gasteiger partial charge >= 0.3 is 0 Å². The molecule has 1 aromatic carbocycles. The van der Waals surface area contributed by atoms with Crippen LogP contribution in [0.3, 0.4) is 0 Å². The number of nitrogens with one attached hydrogen (secondary N) is 1. The number of rotatable bonds is 5. The first kappa shape index (κ1) is 14.6. The molecule has 0 atom stereocenters. The summed E-state index contributed by atoms with van der Waals surface area (Å²) in [7, 11) is 0. The maximum Gasteiger partial charge on any atom is 0.0642 e. The van der Waals surface area contributed by atoms with E-state index >= 15 is 0 Å². The maximum atomic E-state index is 9.54. The van der Waals surface area contributed by atoms with Crippen molar-refractivity contribution in [3.05, 3.63) is 28.8 Å². The summed E-state index contributed by atoms with van der Waals surface area (Å²) in [4.78, 5) is 2.26. The average molecular weight is 283 g/mol. The van der Waals surface area contributed by atoms with E-state index in [0.717, 1.165) is 56.2 Å². The van der Waals surface area contributed by atoms with Gasteiger partial charge in [0.05, 0.1) is 16.8 Å². The molecule has 1 fully saturated rings. The normalized spacial score (nSPS) is 16.9. The molecule has 0 bridgehead atoms. The first-order valence-corrected chi connectivity index (χ1v) is 7.50. The van der Waals surface area contributed by atoms with Gasteiger partial charge in [-0.3, -0.25) is 0 Å². The van der Waals surface area contributed by atoms with Crippen LogP contribution >= 0.6 is 11.6 Å². The topological polar surface area (TPSA) is 35.5 Å². The van der Waals surface area contributed by atoms with E-state index in [9.17, 15) is 5.11 Å². The fourth-order valence-corrected chi connectivity index (χ4v) is 2.76. The van der Waals surface area contributed by atoms with Crippen LogP contribution in [-0.4, -0.2) is 30.8 Å². The largest absolute Gasteiger partial charge is 0.393 e. The zero-order chi connectivity index (χ0) is 13.7. The molecular weight excluding hydrogens is 260 g/mol. The van der Waals surface area contributed by atoms with Gasteiger partial charge in [-0.05, 0) is 43.5 Å². The second-order valence-electron chi connectivity index (χ2n) is 5.18. The van der Waals surface area contributed by atoms with E-state index in [0.29, 0.717) is 0 Å². The molecule has 2 N–H and O–H groups in total. The summed E-state index contributed by atoms with van der Waals surface area (Å²) in [5.41, 5.74) is 2.31. The number of aliphatic hydroxyl groups excluding tert-OH is 1. The Kier molecular flexibility index (Phi) is 5.49. The molecule has 0 spiro atoms. The molecule has 1 saturated heterocycles. The lowest BCUT2D eigenvalue weighted by Gasteiger charge is -2.32. The molecule has 0 radical (unpaired) electrons. The first-order valence-electron chi connectivity index (χ1n) is 7.13. The number of hydrogen-bond donors (Lipinski definition) is 2. The van der Waals surface area contributed by atoms with E-state index in [4.69, 9.17) is 11.6 Å². The van der Waals surface area contributed by atoms with Crippen molar-refractivity contribution < 1.29 is 5.11 Å². The summed E-state index contributed by atoms with van der Waals surface area (Å²) in [5.74, 6) is 0. The summed E-state index contributed by atoms with van der Waals surface area (Å²) in [6.07, 6.45) is 2.65. The van der Waals surface area contributed by atoms with E-state index in [2.05, 4.69) is 29.3 Å². The van der Waals surface area contributed by atoms with E-state index in [-0.39, 0.29) is 6.10 Å². The van der Waals surface area contributed by atoms with Gasteiger partial charge in [0.25, 0.3) is 0 Å². The Hall–Kier alpha value is -0.770. The molecule has 0 saturated carbocycles. The van der Waals surface area contributed by atoms with Crippen LogP contribution in [0.15, 0.2) is 18.2 Å². The van der Waals surface area contributed by atoms with Crippen LogP contribution in [0.25, 0.3) is 0 Å². The molecule has 1 aliphatic rings.